The van der Waals surface area contributed by atoms with Gasteiger partial charge >= 0.3 is 6.61 Å². The first kappa shape index (κ1) is 22.2. The van der Waals surface area contributed by atoms with Crippen LogP contribution in [-0.2, 0) is 13.0 Å². The molecule has 0 spiro atoms. The molecular weight excluding hydrogens is 387 g/mol. The van der Waals surface area contributed by atoms with Gasteiger partial charge in [-0.1, -0.05) is 12.1 Å². The van der Waals surface area contributed by atoms with E-state index in [0.717, 1.165) is 5.56 Å². The minimum Gasteiger partial charge on any atom is -0.493 e. The van der Waals surface area contributed by atoms with E-state index in [9.17, 15) is 13.2 Å². The van der Waals surface area contributed by atoms with Crippen LogP contribution in [0, 0.1) is 5.82 Å². The first-order valence-corrected chi connectivity index (χ1v) is 8.86. The smallest absolute Gasteiger partial charge is 0.387 e. The van der Waals surface area contributed by atoms with Crippen molar-refractivity contribution in [3.63, 3.8) is 0 Å². The van der Waals surface area contributed by atoms with Gasteiger partial charge in [0.15, 0.2) is 17.5 Å². The molecule has 0 atom stereocenters. The number of alkyl halides is 2. The number of hydrogen-bond donors (Lipinski definition) is 2. The van der Waals surface area contributed by atoms with Gasteiger partial charge in [-0.15, -0.1) is 0 Å². The molecule has 0 fully saturated rings. The summed E-state index contributed by atoms with van der Waals surface area (Å²) < 4.78 is 53.9. The van der Waals surface area contributed by atoms with Gasteiger partial charge in [-0.3, -0.25) is 4.99 Å². The first-order chi connectivity index (χ1) is 14.0. The molecule has 0 amide bonds. The second-order valence-electron chi connectivity index (χ2n) is 5.89. The molecule has 0 unspecified atom stereocenters. The van der Waals surface area contributed by atoms with Crippen LogP contribution in [0.25, 0.3) is 0 Å². The molecule has 9 heteroatoms. The fourth-order valence-electron chi connectivity index (χ4n) is 2.67. The third-order valence-electron chi connectivity index (χ3n) is 4.10. The van der Waals surface area contributed by atoms with Gasteiger partial charge in [0.1, 0.15) is 11.6 Å². The molecule has 0 bridgehead atoms. The van der Waals surface area contributed by atoms with E-state index in [2.05, 4.69) is 20.4 Å². The van der Waals surface area contributed by atoms with E-state index in [1.807, 2.05) is 18.2 Å². The number of rotatable bonds is 9. The molecule has 0 saturated carbocycles. The van der Waals surface area contributed by atoms with Crippen molar-refractivity contribution in [2.45, 2.75) is 19.6 Å². The predicted octanol–water partition coefficient (Wildman–Crippen LogP) is 3.35. The minimum atomic E-state index is -3.03. The molecule has 158 valence electrons. The number of benzene rings is 2. The van der Waals surface area contributed by atoms with Crippen LogP contribution in [0.1, 0.15) is 11.1 Å². The monoisotopic (exact) mass is 411 g/mol. The Kier molecular flexibility index (Phi) is 8.45. The van der Waals surface area contributed by atoms with Crippen molar-refractivity contribution < 1.29 is 27.4 Å². The number of aliphatic imine (C=N–C) groups is 1. The highest BCUT2D eigenvalue weighted by Gasteiger charge is 2.14. The highest BCUT2D eigenvalue weighted by Crippen LogP contribution is 2.27. The van der Waals surface area contributed by atoms with E-state index >= 15 is 0 Å². The van der Waals surface area contributed by atoms with Gasteiger partial charge in [-0.2, -0.15) is 8.78 Å². The van der Waals surface area contributed by atoms with Gasteiger partial charge in [0.05, 0.1) is 14.2 Å². The molecule has 0 radical (unpaired) electrons. The maximum atomic E-state index is 14.0. The minimum absolute atomic E-state index is 0.00404. The number of methoxy groups -OCH3 is 2. The molecule has 0 aliphatic heterocycles. The molecule has 2 aromatic carbocycles. The van der Waals surface area contributed by atoms with E-state index in [4.69, 9.17) is 9.47 Å². The van der Waals surface area contributed by atoms with Crippen LogP contribution < -0.4 is 24.8 Å². The topological polar surface area (TPSA) is 64.1 Å². The van der Waals surface area contributed by atoms with E-state index in [0.29, 0.717) is 30.4 Å². The van der Waals surface area contributed by atoms with Gasteiger partial charge in [-0.25, -0.2) is 4.39 Å². The van der Waals surface area contributed by atoms with Gasteiger partial charge in [-0.05, 0) is 36.2 Å². The lowest BCUT2D eigenvalue weighted by Gasteiger charge is -2.15. The molecule has 29 heavy (non-hydrogen) atoms. The molecule has 6 nitrogen and oxygen atoms in total. The van der Waals surface area contributed by atoms with Crippen LogP contribution >= 0.6 is 0 Å². The highest BCUT2D eigenvalue weighted by molar-refractivity contribution is 5.79. The summed E-state index contributed by atoms with van der Waals surface area (Å²) in [6.45, 7) is -2.56. The van der Waals surface area contributed by atoms with Gasteiger partial charge in [0, 0.05) is 25.7 Å². The number of nitrogens with one attached hydrogen (secondary N) is 2. The van der Waals surface area contributed by atoms with E-state index in [1.165, 1.54) is 18.2 Å². The summed E-state index contributed by atoms with van der Waals surface area (Å²) in [4.78, 5) is 4.05. The lowest BCUT2D eigenvalue weighted by Crippen LogP contribution is -2.38. The van der Waals surface area contributed by atoms with Crippen molar-refractivity contribution in [2.24, 2.45) is 4.99 Å². The van der Waals surface area contributed by atoms with Gasteiger partial charge < -0.3 is 24.8 Å². The molecule has 0 heterocycles. The van der Waals surface area contributed by atoms with Crippen LogP contribution in [0.4, 0.5) is 13.2 Å². The van der Waals surface area contributed by atoms with Crippen LogP contribution in [0.2, 0.25) is 0 Å². The van der Waals surface area contributed by atoms with Crippen LogP contribution in [0.15, 0.2) is 41.4 Å². The Morgan fingerprint density at radius 1 is 1.03 bits per heavy atom. The number of hydrogen-bond acceptors (Lipinski definition) is 4. The predicted molar refractivity (Wildman–Crippen MR) is 104 cm³/mol. The third-order valence-corrected chi connectivity index (χ3v) is 4.10. The Labute approximate surface area is 167 Å². The summed E-state index contributed by atoms with van der Waals surface area (Å²) in [5.41, 5.74) is 1.02. The second-order valence-corrected chi connectivity index (χ2v) is 5.89. The fourth-order valence-corrected chi connectivity index (χ4v) is 2.67. The Morgan fingerprint density at radius 2 is 1.79 bits per heavy atom. The molecule has 2 N–H and O–H groups in total. The Hall–Kier alpha value is -3.10. The van der Waals surface area contributed by atoms with E-state index < -0.39 is 12.4 Å². The molecule has 0 aliphatic carbocycles. The summed E-state index contributed by atoms with van der Waals surface area (Å²) in [5.74, 6) is 0.827. The standard InChI is InChI=1S/C20H24F3N3O3/c1-24-20(25-10-9-13-7-8-17(27-2)18(11-13)28-3)26-12-14-15(21)5-4-6-16(14)29-19(22)23/h4-8,11,19H,9-10,12H2,1-3H3,(H2,24,25,26). The average Bonchev–Trinajstić information content (AvgIpc) is 2.71. The van der Waals surface area contributed by atoms with Gasteiger partial charge in [0.2, 0.25) is 0 Å². The summed E-state index contributed by atoms with van der Waals surface area (Å²) in [6, 6.07) is 9.41. The zero-order valence-electron chi connectivity index (χ0n) is 16.5. The zero-order valence-corrected chi connectivity index (χ0v) is 16.5. The normalized spacial score (nSPS) is 11.3. The lowest BCUT2D eigenvalue weighted by atomic mass is 10.1. The van der Waals surface area contributed by atoms with Crippen molar-refractivity contribution >= 4 is 5.96 Å². The lowest BCUT2D eigenvalue weighted by molar-refractivity contribution is -0.0506. The quantitative estimate of drug-likeness (QED) is 0.490. The maximum Gasteiger partial charge on any atom is 0.387 e. The van der Waals surface area contributed by atoms with Crippen LogP contribution in [-0.4, -0.2) is 40.4 Å². The molecule has 0 aliphatic rings. The van der Waals surface area contributed by atoms with E-state index in [1.54, 1.807) is 21.3 Å². The van der Waals surface area contributed by atoms with Gasteiger partial charge in [0.25, 0.3) is 0 Å². The van der Waals surface area contributed by atoms with Crippen LogP contribution in [0.5, 0.6) is 17.2 Å². The number of nitrogens with zero attached hydrogens (tertiary/aromatic N) is 1. The molecule has 0 saturated heterocycles. The first-order valence-electron chi connectivity index (χ1n) is 8.86. The summed E-state index contributed by atoms with van der Waals surface area (Å²) in [5, 5.41) is 5.99. The maximum absolute atomic E-state index is 14.0. The summed E-state index contributed by atoms with van der Waals surface area (Å²) in [6.07, 6.45) is 0.667. The zero-order chi connectivity index (χ0) is 21.2. The Balaban J connectivity index is 1.92. The average molecular weight is 411 g/mol. The largest absolute Gasteiger partial charge is 0.493 e. The third kappa shape index (κ3) is 6.48. The fraction of sp³-hybridized carbons (Fsp3) is 0.350. The van der Waals surface area contributed by atoms with Crippen molar-refractivity contribution in [1.29, 1.82) is 0 Å². The highest BCUT2D eigenvalue weighted by atomic mass is 19.3. The number of halogens is 3. The molecule has 2 aromatic rings. The van der Waals surface area contributed by atoms with Crippen molar-refractivity contribution in [3.8, 4) is 17.2 Å². The molecule has 2 rings (SSSR count). The molecule has 0 aromatic heterocycles. The van der Waals surface area contributed by atoms with Crippen LogP contribution in [0.3, 0.4) is 0 Å². The number of guanidine groups is 1. The number of ether oxygens (including phenoxy) is 3. The van der Waals surface area contributed by atoms with E-state index in [-0.39, 0.29) is 17.9 Å². The second kappa shape index (κ2) is 11.0. The summed E-state index contributed by atoms with van der Waals surface area (Å²) in [7, 11) is 4.70. The van der Waals surface area contributed by atoms with Crippen molar-refractivity contribution in [2.75, 3.05) is 27.8 Å². The van der Waals surface area contributed by atoms with Crippen molar-refractivity contribution in [1.82, 2.24) is 10.6 Å². The Bertz CT molecular complexity index is 832. The summed E-state index contributed by atoms with van der Waals surface area (Å²) >= 11 is 0. The molecular formula is C20H24F3N3O3. The van der Waals surface area contributed by atoms with Crippen molar-refractivity contribution in [3.05, 3.63) is 53.3 Å². The SMILES string of the molecule is CN=C(NCCc1ccc(OC)c(OC)c1)NCc1c(F)cccc1OC(F)F. The Morgan fingerprint density at radius 3 is 2.45 bits per heavy atom.